The van der Waals surface area contributed by atoms with Crippen molar-refractivity contribution in [2.24, 2.45) is 5.92 Å². The summed E-state index contributed by atoms with van der Waals surface area (Å²) in [5.41, 5.74) is 0. The predicted molar refractivity (Wildman–Crippen MR) is 37.1 cm³/mol. The number of hydrogen-bond acceptors (Lipinski definition) is 0. The molecule has 1 heteroatoms. The Morgan fingerprint density at radius 1 is 1.33 bits per heavy atom. The van der Waals surface area contributed by atoms with Crippen LogP contribution >= 0.6 is 0 Å². The van der Waals surface area contributed by atoms with Gasteiger partial charge in [0.25, 0.3) is 0 Å². The van der Waals surface area contributed by atoms with E-state index in [-0.39, 0.29) is 0 Å². The molecule has 2 rings (SSSR count). The molecule has 0 bridgehead atoms. The maximum atomic E-state index is 2.47. The Kier molecular flexibility index (Phi) is 1.31. The maximum absolute atomic E-state index is 2.47. The molecular formula is C8H14N+. The molecule has 0 aromatic heterocycles. The highest BCUT2D eigenvalue weighted by molar-refractivity contribution is 4.98. The fourth-order valence-corrected chi connectivity index (χ4v) is 2.02. The minimum absolute atomic E-state index is 0.860. The second-order valence-corrected chi connectivity index (χ2v) is 3.16. The molecule has 1 aliphatic heterocycles. The van der Waals surface area contributed by atoms with Gasteiger partial charge in [-0.25, -0.2) is 0 Å². The van der Waals surface area contributed by atoms with E-state index in [0.29, 0.717) is 0 Å². The second-order valence-electron chi connectivity index (χ2n) is 3.16. The van der Waals surface area contributed by atoms with Gasteiger partial charge in [-0.1, -0.05) is 6.08 Å². The van der Waals surface area contributed by atoms with Crippen LogP contribution in [0.4, 0.5) is 0 Å². The minimum atomic E-state index is 0.860. The largest absolute Gasteiger partial charge is 0.340 e. The molecule has 0 aromatic carbocycles. The van der Waals surface area contributed by atoms with Crippen molar-refractivity contribution in [2.45, 2.75) is 25.3 Å². The lowest BCUT2D eigenvalue weighted by Gasteiger charge is -2.15. The zero-order valence-corrected chi connectivity index (χ0v) is 5.72. The van der Waals surface area contributed by atoms with E-state index in [1.807, 2.05) is 0 Å². The molecule has 1 saturated heterocycles. The highest BCUT2D eigenvalue weighted by atomic mass is 14.9. The Morgan fingerprint density at radius 3 is 3.22 bits per heavy atom. The van der Waals surface area contributed by atoms with Gasteiger partial charge in [-0.15, -0.1) is 0 Å². The average molecular weight is 124 g/mol. The fraction of sp³-hybridized carbons (Fsp3) is 0.750. The normalized spacial score (nSPS) is 40.9. The van der Waals surface area contributed by atoms with E-state index in [9.17, 15) is 0 Å². The number of quaternary nitrogens is 1. The highest BCUT2D eigenvalue weighted by Crippen LogP contribution is 2.21. The van der Waals surface area contributed by atoms with Crippen molar-refractivity contribution in [2.75, 3.05) is 6.54 Å². The third-order valence-corrected chi connectivity index (χ3v) is 2.58. The number of fused-ring (bicyclic) bond motifs is 1. The Morgan fingerprint density at radius 2 is 2.33 bits per heavy atom. The molecule has 1 aliphatic carbocycles. The molecule has 0 unspecified atom stereocenters. The molecule has 1 nitrogen and oxygen atoms in total. The standard InChI is InChI=1S/C8H13N/c1-2-4-8-7(3-1)5-6-9-8/h2,4,7-9H,1,3,5-6H2/p+1/t7-,8-/m1/s1. The van der Waals surface area contributed by atoms with E-state index in [1.165, 1.54) is 25.8 Å². The Balaban J connectivity index is 2.10. The van der Waals surface area contributed by atoms with Crippen LogP contribution in [0.2, 0.25) is 0 Å². The van der Waals surface area contributed by atoms with Crippen LogP contribution in [0.25, 0.3) is 0 Å². The fourth-order valence-electron chi connectivity index (χ4n) is 2.02. The summed E-state index contributed by atoms with van der Waals surface area (Å²) in [6, 6.07) is 0.860. The Hall–Kier alpha value is -0.300. The van der Waals surface area contributed by atoms with E-state index in [4.69, 9.17) is 0 Å². The first-order valence-corrected chi connectivity index (χ1v) is 3.97. The molecule has 50 valence electrons. The van der Waals surface area contributed by atoms with E-state index in [0.717, 1.165) is 12.0 Å². The van der Waals surface area contributed by atoms with Crippen LogP contribution in [0.1, 0.15) is 19.3 Å². The van der Waals surface area contributed by atoms with Crippen LogP contribution < -0.4 is 5.32 Å². The minimum Gasteiger partial charge on any atom is -0.340 e. The summed E-state index contributed by atoms with van der Waals surface area (Å²) in [5.74, 6) is 1.02. The van der Waals surface area contributed by atoms with Crippen LogP contribution in [0.5, 0.6) is 0 Å². The SMILES string of the molecule is C1=C[C@H]2[NH2+]CC[C@H]2CC1. The van der Waals surface area contributed by atoms with Crippen molar-refractivity contribution in [1.82, 2.24) is 0 Å². The zero-order valence-electron chi connectivity index (χ0n) is 5.72. The van der Waals surface area contributed by atoms with Gasteiger partial charge in [0.1, 0.15) is 6.04 Å². The predicted octanol–water partition coefficient (Wildman–Crippen LogP) is 0.288. The number of nitrogens with two attached hydrogens (primary N) is 1. The van der Waals surface area contributed by atoms with Crippen molar-refractivity contribution in [3.63, 3.8) is 0 Å². The summed E-state index contributed by atoms with van der Waals surface area (Å²) in [4.78, 5) is 0. The summed E-state index contributed by atoms with van der Waals surface area (Å²) in [5, 5.41) is 2.47. The van der Waals surface area contributed by atoms with Crippen LogP contribution in [0, 0.1) is 5.92 Å². The van der Waals surface area contributed by atoms with Crippen molar-refractivity contribution in [1.29, 1.82) is 0 Å². The first-order valence-electron chi connectivity index (χ1n) is 3.97. The first-order chi connectivity index (χ1) is 4.47. The topological polar surface area (TPSA) is 16.6 Å². The quantitative estimate of drug-likeness (QED) is 0.447. The van der Waals surface area contributed by atoms with E-state index >= 15 is 0 Å². The molecule has 0 radical (unpaired) electrons. The Labute approximate surface area is 56.1 Å². The van der Waals surface area contributed by atoms with E-state index in [1.54, 1.807) is 0 Å². The van der Waals surface area contributed by atoms with Crippen LogP contribution in [-0.2, 0) is 0 Å². The molecule has 1 fully saturated rings. The number of hydrogen-bond donors (Lipinski definition) is 1. The smallest absolute Gasteiger partial charge is 0.108 e. The van der Waals surface area contributed by atoms with Crippen LogP contribution in [0.3, 0.4) is 0 Å². The lowest BCUT2D eigenvalue weighted by Crippen LogP contribution is -2.86. The van der Waals surface area contributed by atoms with Crippen LogP contribution in [0.15, 0.2) is 12.2 Å². The van der Waals surface area contributed by atoms with Gasteiger partial charge >= 0.3 is 0 Å². The zero-order chi connectivity index (χ0) is 6.10. The summed E-state index contributed by atoms with van der Waals surface area (Å²) < 4.78 is 0. The summed E-state index contributed by atoms with van der Waals surface area (Å²) in [6.45, 7) is 1.36. The van der Waals surface area contributed by atoms with Gasteiger partial charge < -0.3 is 5.32 Å². The molecule has 2 aliphatic rings. The lowest BCUT2D eigenvalue weighted by atomic mass is 9.91. The van der Waals surface area contributed by atoms with Crippen molar-refractivity contribution < 1.29 is 5.32 Å². The van der Waals surface area contributed by atoms with Gasteiger partial charge in [-0.2, -0.15) is 0 Å². The lowest BCUT2D eigenvalue weighted by molar-refractivity contribution is -0.663. The van der Waals surface area contributed by atoms with E-state index < -0.39 is 0 Å². The van der Waals surface area contributed by atoms with Gasteiger partial charge in [0, 0.05) is 12.3 Å². The van der Waals surface area contributed by atoms with Crippen molar-refractivity contribution in [3.8, 4) is 0 Å². The van der Waals surface area contributed by atoms with Gasteiger partial charge in [-0.05, 0) is 18.9 Å². The molecule has 0 aromatic rings. The molecule has 1 heterocycles. The van der Waals surface area contributed by atoms with Gasteiger partial charge in [0.2, 0.25) is 0 Å². The maximum Gasteiger partial charge on any atom is 0.108 e. The third-order valence-electron chi connectivity index (χ3n) is 2.58. The molecule has 0 saturated carbocycles. The second kappa shape index (κ2) is 2.14. The summed E-state index contributed by atoms with van der Waals surface area (Å²) in [7, 11) is 0. The third kappa shape index (κ3) is 0.897. The first kappa shape index (κ1) is 5.48. The van der Waals surface area contributed by atoms with E-state index in [2.05, 4.69) is 17.5 Å². The number of allylic oxidation sites excluding steroid dienone is 1. The van der Waals surface area contributed by atoms with Crippen molar-refractivity contribution >= 4 is 0 Å². The molecule has 2 atom stereocenters. The molecule has 0 spiro atoms. The molecule has 0 amide bonds. The molecule has 9 heavy (non-hydrogen) atoms. The van der Waals surface area contributed by atoms with Crippen molar-refractivity contribution in [3.05, 3.63) is 12.2 Å². The molecular weight excluding hydrogens is 110 g/mol. The average Bonchev–Trinajstić information content (AvgIpc) is 2.33. The summed E-state index contributed by atoms with van der Waals surface area (Å²) in [6.07, 6.45) is 8.95. The summed E-state index contributed by atoms with van der Waals surface area (Å²) >= 11 is 0. The Bertz CT molecular complexity index is 129. The van der Waals surface area contributed by atoms with Crippen LogP contribution in [-0.4, -0.2) is 12.6 Å². The van der Waals surface area contributed by atoms with Gasteiger partial charge in [-0.3, -0.25) is 0 Å². The van der Waals surface area contributed by atoms with Gasteiger partial charge in [0.15, 0.2) is 0 Å². The highest BCUT2D eigenvalue weighted by Gasteiger charge is 2.29. The monoisotopic (exact) mass is 124 g/mol. The number of rotatable bonds is 0. The van der Waals surface area contributed by atoms with Gasteiger partial charge in [0.05, 0.1) is 6.54 Å². The molecule has 2 N–H and O–H groups in total.